The van der Waals surface area contributed by atoms with E-state index in [0.29, 0.717) is 29.6 Å². The number of rotatable bonds is 8. The molecule has 0 spiro atoms. The second-order valence-electron chi connectivity index (χ2n) is 6.11. The summed E-state index contributed by atoms with van der Waals surface area (Å²) in [4.78, 5) is 4.16. The average molecular weight is 407 g/mol. The number of ether oxygens (including phenoxy) is 4. The number of methoxy groups -OCH3 is 1. The highest BCUT2D eigenvalue weighted by Gasteiger charge is 2.20. The Morgan fingerprint density at radius 3 is 2.59 bits per heavy atom. The van der Waals surface area contributed by atoms with Crippen LogP contribution in [0.2, 0.25) is 0 Å². The average Bonchev–Trinajstić information content (AvgIpc) is 3.17. The van der Waals surface area contributed by atoms with E-state index in [9.17, 15) is 8.78 Å². The molecule has 1 heterocycles. The van der Waals surface area contributed by atoms with Gasteiger partial charge in [-0.2, -0.15) is 8.78 Å². The van der Waals surface area contributed by atoms with Crippen molar-refractivity contribution in [3.8, 4) is 23.0 Å². The molecule has 0 aliphatic carbocycles. The molecule has 156 valence electrons. The first-order valence-corrected chi connectivity index (χ1v) is 9.04. The van der Waals surface area contributed by atoms with Crippen molar-refractivity contribution in [1.29, 1.82) is 0 Å². The molecule has 0 saturated carbocycles. The van der Waals surface area contributed by atoms with Crippen LogP contribution in [0.4, 0.5) is 8.78 Å². The van der Waals surface area contributed by atoms with Gasteiger partial charge in [0.1, 0.15) is 11.5 Å². The predicted octanol–water partition coefficient (Wildman–Crippen LogP) is 2.93. The van der Waals surface area contributed by atoms with Crippen LogP contribution in [0.5, 0.6) is 23.0 Å². The fourth-order valence-corrected chi connectivity index (χ4v) is 2.93. The number of nitrogens with zero attached hydrogens (tertiary/aromatic N) is 1. The first kappa shape index (κ1) is 20.5. The van der Waals surface area contributed by atoms with Crippen LogP contribution in [0.25, 0.3) is 0 Å². The summed E-state index contributed by atoms with van der Waals surface area (Å²) < 4.78 is 46.0. The maximum absolute atomic E-state index is 12.7. The van der Waals surface area contributed by atoms with Crippen LogP contribution in [-0.2, 0) is 13.0 Å². The number of hydrogen-bond acceptors (Lipinski definition) is 5. The van der Waals surface area contributed by atoms with Crippen molar-refractivity contribution < 1.29 is 27.7 Å². The molecule has 1 aliphatic heterocycles. The molecule has 29 heavy (non-hydrogen) atoms. The predicted molar refractivity (Wildman–Crippen MR) is 104 cm³/mol. The lowest BCUT2D eigenvalue weighted by Gasteiger charge is -2.15. The zero-order valence-electron chi connectivity index (χ0n) is 16.2. The van der Waals surface area contributed by atoms with Gasteiger partial charge in [-0.05, 0) is 24.1 Å². The van der Waals surface area contributed by atoms with Crippen LogP contribution in [-0.4, -0.2) is 40.1 Å². The van der Waals surface area contributed by atoms with E-state index in [1.54, 1.807) is 20.2 Å². The standard InChI is InChI=1S/C20H23F2N3O4/c1-23-20(24-8-7-13-5-3-4-6-15(13)26-2)25-11-14-9-17-18(28-12-27-17)10-16(14)29-19(21)22/h3-6,9-10,19H,7-8,11-12H2,1-2H3,(H2,23,24,25). The summed E-state index contributed by atoms with van der Waals surface area (Å²) >= 11 is 0. The van der Waals surface area contributed by atoms with E-state index in [2.05, 4.69) is 20.4 Å². The second kappa shape index (κ2) is 9.81. The van der Waals surface area contributed by atoms with Gasteiger partial charge in [-0.15, -0.1) is 0 Å². The minimum atomic E-state index is -2.94. The molecule has 7 nitrogen and oxygen atoms in total. The van der Waals surface area contributed by atoms with E-state index in [1.807, 2.05) is 24.3 Å². The summed E-state index contributed by atoms with van der Waals surface area (Å²) in [6.07, 6.45) is 0.731. The minimum Gasteiger partial charge on any atom is -0.496 e. The van der Waals surface area contributed by atoms with Gasteiger partial charge in [0.25, 0.3) is 0 Å². The molecule has 0 fully saturated rings. The summed E-state index contributed by atoms with van der Waals surface area (Å²) in [5.41, 5.74) is 1.57. The van der Waals surface area contributed by atoms with E-state index in [-0.39, 0.29) is 19.1 Å². The summed E-state index contributed by atoms with van der Waals surface area (Å²) in [6.45, 7) is -2.06. The largest absolute Gasteiger partial charge is 0.496 e. The number of fused-ring (bicyclic) bond motifs is 1. The van der Waals surface area contributed by atoms with Crippen LogP contribution in [0, 0.1) is 0 Å². The summed E-state index contributed by atoms with van der Waals surface area (Å²) in [7, 11) is 3.27. The van der Waals surface area contributed by atoms with Gasteiger partial charge in [-0.1, -0.05) is 18.2 Å². The molecular weight excluding hydrogens is 384 g/mol. The Labute approximate surface area is 167 Å². The third kappa shape index (κ3) is 5.40. The minimum absolute atomic E-state index is 0.0289. The van der Waals surface area contributed by atoms with Gasteiger partial charge in [0.05, 0.1) is 7.11 Å². The zero-order valence-corrected chi connectivity index (χ0v) is 16.2. The monoisotopic (exact) mass is 407 g/mol. The molecule has 0 aromatic heterocycles. The normalized spacial score (nSPS) is 12.8. The first-order chi connectivity index (χ1) is 14.1. The van der Waals surface area contributed by atoms with Crippen LogP contribution in [0.3, 0.4) is 0 Å². The van der Waals surface area contributed by atoms with Gasteiger partial charge < -0.3 is 29.6 Å². The summed E-state index contributed by atoms with van der Waals surface area (Å²) in [5, 5.41) is 6.28. The van der Waals surface area contributed by atoms with Crippen LogP contribution in [0.1, 0.15) is 11.1 Å². The van der Waals surface area contributed by atoms with E-state index in [4.69, 9.17) is 14.2 Å². The molecule has 0 atom stereocenters. The third-order valence-corrected chi connectivity index (χ3v) is 4.32. The summed E-state index contributed by atoms with van der Waals surface area (Å²) in [5.74, 6) is 2.25. The van der Waals surface area contributed by atoms with Crippen LogP contribution in [0.15, 0.2) is 41.4 Å². The van der Waals surface area contributed by atoms with E-state index in [0.717, 1.165) is 17.7 Å². The van der Waals surface area contributed by atoms with Crippen molar-refractivity contribution >= 4 is 5.96 Å². The van der Waals surface area contributed by atoms with Gasteiger partial charge in [-0.3, -0.25) is 4.99 Å². The van der Waals surface area contributed by atoms with Gasteiger partial charge in [0, 0.05) is 31.8 Å². The fraction of sp³-hybridized carbons (Fsp3) is 0.350. The third-order valence-electron chi connectivity index (χ3n) is 4.32. The Kier molecular flexibility index (Phi) is 6.94. The highest BCUT2D eigenvalue weighted by molar-refractivity contribution is 5.79. The van der Waals surface area contributed by atoms with Crippen molar-refractivity contribution in [2.75, 3.05) is 27.5 Å². The number of para-hydroxylation sites is 1. The van der Waals surface area contributed by atoms with Gasteiger partial charge in [0.15, 0.2) is 17.5 Å². The molecule has 9 heteroatoms. The molecule has 2 aromatic rings. The van der Waals surface area contributed by atoms with Crippen molar-refractivity contribution in [2.24, 2.45) is 4.99 Å². The molecule has 1 aliphatic rings. The number of benzene rings is 2. The number of nitrogens with one attached hydrogen (secondary N) is 2. The summed E-state index contributed by atoms with van der Waals surface area (Å²) in [6, 6.07) is 10.8. The van der Waals surface area contributed by atoms with Crippen LogP contribution < -0.4 is 29.6 Å². The number of hydrogen-bond donors (Lipinski definition) is 2. The Balaban J connectivity index is 1.59. The zero-order chi connectivity index (χ0) is 20.6. The second-order valence-corrected chi connectivity index (χ2v) is 6.11. The lowest BCUT2D eigenvalue weighted by Crippen LogP contribution is -2.38. The maximum atomic E-state index is 12.7. The molecule has 0 saturated heterocycles. The number of alkyl halides is 2. The van der Waals surface area contributed by atoms with E-state index >= 15 is 0 Å². The Bertz CT molecular complexity index is 862. The topological polar surface area (TPSA) is 73.3 Å². The molecule has 2 N–H and O–H groups in total. The highest BCUT2D eigenvalue weighted by atomic mass is 19.3. The van der Waals surface area contributed by atoms with E-state index in [1.165, 1.54) is 6.07 Å². The molecule has 0 amide bonds. The number of aliphatic imine (C=N–C) groups is 1. The lowest BCUT2D eigenvalue weighted by molar-refractivity contribution is -0.0505. The van der Waals surface area contributed by atoms with Crippen molar-refractivity contribution in [3.05, 3.63) is 47.5 Å². The van der Waals surface area contributed by atoms with Gasteiger partial charge in [0.2, 0.25) is 6.79 Å². The van der Waals surface area contributed by atoms with Gasteiger partial charge in [-0.25, -0.2) is 0 Å². The van der Waals surface area contributed by atoms with Crippen LogP contribution >= 0.6 is 0 Å². The Hall–Kier alpha value is -3.23. The molecular formula is C20H23F2N3O4. The molecule has 0 radical (unpaired) electrons. The van der Waals surface area contributed by atoms with E-state index < -0.39 is 6.61 Å². The first-order valence-electron chi connectivity index (χ1n) is 9.04. The fourth-order valence-electron chi connectivity index (χ4n) is 2.93. The molecule has 0 unspecified atom stereocenters. The highest BCUT2D eigenvalue weighted by Crippen LogP contribution is 2.38. The van der Waals surface area contributed by atoms with Crippen molar-refractivity contribution in [3.63, 3.8) is 0 Å². The smallest absolute Gasteiger partial charge is 0.387 e. The SMILES string of the molecule is CN=C(NCCc1ccccc1OC)NCc1cc2c(cc1OC(F)F)OCO2. The number of halogens is 2. The quantitative estimate of drug-likeness (QED) is 0.518. The molecule has 3 rings (SSSR count). The lowest BCUT2D eigenvalue weighted by atomic mass is 10.1. The molecule has 2 aromatic carbocycles. The van der Waals surface area contributed by atoms with Gasteiger partial charge >= 0.3 is 6.61 Å². The van der Waals surface area contributed by atoms with Crippen molar-refractivity contribution in [2.45, 2.75) is 19.6 Å². The maximum Gasteiger partial charge on any atom is 0.387 e. The van der Waals surface area contributed by atoms with Crippen molar-refractivity contribution in [1.82, 2.24) is 10.6 Å². The molecule has 0 bridgehead atoms. The Morgan fingerprint density at radius 1 is 1.10 bits per heavy atom. The number of guanidine groups is 1. The Morgan fingerprint density at radius 2 is 1.86 bits per heavy atom.